The number of morpholine rings is 1. The summed E-state index contributed by atoms with van der Waals surface area (Å²) >= 11 is 0. The Labute approximate surface area is 173 Å². The van der Waals surface area contributed by atoms with Gasteiger partial charge in [0.05, 0.1) is 25.5 Å². The van der Waals surface area contributed by atoms with E-state index in [-0.39, 0.29) is 29.7 Å². The first-order chi connectivity index (χ1) is 12.1. The second-order valence-corrected chi connectivity index (χ2v) is 7.73. The van der Waals surface area contributed by atoms with Crippen LogP contribution in [0.3, 0.4) is 0 Å². The first-order valence-electron chi connectivity index (χ1n) is 8.71. The number of rotatable bonds is 7. The number of nitrogens with one attached hydrogen (secondary N) is 2. The minimum atomic E-state index is -3.34. The predicted molar refractivity (Wildman–Crippen MR) is 115 cm³/mol. The van der Waals surface area contributed by atoms with Gasteiger partial charge in [-0.05, 0) is 25.0 Å². The standard InChI is InChI=1S/C17H28N4O3S.HI/c1-3-18-17(19-4-2)20-13-15-7-5-6-8-16(15)14-25(22,23)21-9-11-24-12-10-21;/h5-8H,3-4,9-14H2,1-2H3,(H2,18,19,20);1H. The molecule has 0 atom stereocenters. The number of aliphatic imine (C=N–C) groups is 1. The van der Waals surface area contributed by atoms with Gasteiger partial charge in [-0.2, -0.15) is 4.31 Å². The molecule has 1 aliphatic heterocycles. The van der Waals surface area contributed by atoms with E-state index >= 15 is 0 Å². The molecule has 2 N–H and O–H groups in total. The molecule has 0 unspecified atom stereocenters. The van der Waals surface area contributed by atoms with Gasteiger partial charge in [0.15, 0.2) is 5.96 Å². The quantitative estimate of drug-likeness (QED) is 0.340. The molecular weight excluding hydrogens is 467 g/mol. The normalized spacial score (nSPS) is 15.0. The number of hydrogen-bond acceptors (Lipinski definition) is 4. The molecule has 1 aromatic carbocycles. The van der Waals surface area contributed by atoms with Crippen molar-refractivity contribution in [3.8, 4) is 0 Å². The van der Waals surface area contributed by atoms with E-state index in [1.54, 1.807) is 0 Å². The molecule has 0 aromatic heterocycles. The Hall–Kier alpha value is -0.910. The molecule has 1 saturated heterocycles. The van der Waals surface area contributed by atoms with Gasteiger partial charge in [-0.15, -0.1) is 24.0 Å². The minimum absolute atomic E-state index is 0. The highest BCUT2D eigenvalue weighted by atomic mass is 127. The zero-order chi connectivity index (χ0) is 18.1. The highest BCUT2D eigenvalue weighted by Crippen LogP contribution is 2.17. The van der Waals surface area contributed by atoms with E-state index in [4.69, 9.17) is 4.74 Å². The molecule has 1 aliphatic rings. The molecule has 7 nitrogen and oxygen atoms in total. The number of guanidine groups is 1. The van der Waals surface area contributed by atoms with Crippen LogP contribution in [-0.4, -0.2) is 58.1 Å². The zero-order valence-corrected chi connectivity index (χ0v) is 18.5. The second kappa shape index (κ2) is 11.7. The molecule has 1 aromatic rings. The van der Waals surface area contributed by atoms with Crippen LogP contribution in [-0.2, 0) is 27.1 Å². The summed E-state index contributed by atoms with van der Waals surface area (Å²) in [6.07, 6.45) is 0. The summed E-state index contributed by atoms with van der Waals surface area (Å²) in [5.74, 6) is 0.729. The van der Waals surface area contributed by atoms with Gasteiger partial charge in [0, 0.05) is 26.2 Å². The fourth-order valence-electron chi connectivity index (χ4n) is 2.64. The van der Waals surface area contributed by atoms with E-state index in [0.717, 1.165) is 30.2 Å². The molecule has 0 saturated carbocycles. The minimum Gasteiger partial charge on any atom is -0.379 e. The summed E-state index contributed by atoms with van der Waals surface area (Å²) in [6, 6.07) is 7.58. The summed E-state index contributed by atoms with van der Waals surface area (Å²) in [6.45, 7) is 7.77. The maximum atomic E-state index is 12.7. The largest absolute Gasteiger partial charge is 0.379 e. The lowest BCUT2D eigenvalue weighted by atomic mass is 10.1. The third-order valence-electron chi connectivity index (χ3n) is 3.92. The molecule has 148 valence electrons. The highest BCUT2D eigenvalue weighted by molar-refractivity contribution is 14.0. The Morgan fingerprint density at radius 3 is 2.27 bits per heavy atom. The van der Waals surface area contributed by atoms with Crippen molar-refractivity contribution in [1.29, 1.82) is 0 Å². The third kappa shape index (κ3) is 7.01. The maximum Gasteiger partial charge on any atom is 0.218 e. The first kappa shape index (κ1) is 23.1. The molecule has 0 spiro atoms. The van der Waals surface area contributed by atoms with Gasteiger partial charge in [-0.1, -0.05) is 24.3 Å². The number of nitrogens with zero attached hydrogens (tertiary/aromatic N) is 2. The zero-order valence-electron chi connectivity index (χ0n) is 15.4. The van der Waals surface area contributed by atoms with Crippen LogP contribution in [0.25, 0.3) is 0 Å². The van der Waals surface area contributed by atoms with E-state index < -0.39 is 10.0 Å². The average molecular weight is 496 g/mol. The number of hydrogen-bond donors (Lipinski definition) is 2. The lowest BCUT2D eigenvalue weighted by Gasteiger charge is -2.26. The molecule has 26 heavy (non-hydrogen) atoms. The van der Waals surface area contributed by atoms with Crippen LogP contribution in [0.2, 0.25) is 0 Å². The molecule has 0 aliphatic carbocycles. The fraction of sp³-hybridized carbons (Fsp3) is 0.588. The van der Waals surface area contributed by atoms with Gasteiger partial charge in [-0.25, -0.2) is 13.4 Å². The van der Waals surface area contributed by atoms with Crippen molar-refractivity contribution in [2.24, 2.45) is 4.99 Å². The molecule has 0 radical (unpaired) electrons. The Bertz CT molecular complexity index is 668. The summed E-state index contributed by atoms with van der Waals surface area (Å²) in [5, 5.41) is 6.34. The number of benzene rings is 1. The van der Waals surface area contributed by atoms with Crippen molar-refractivity contribution >= 4 is 40.0 Å². The van der Waals surface area contributed by atoms with Crippen LogP contribution in [0.15, 0.2) is 29.3 Å². The van der Waals surface area contributed by atoms with Gasteiger partial charge in [-0.3, -0.25) is 0 Å². The molecule has 1 heterocycles. The van der Waals surface area contributed by atoms with Crippen molar-refractivity contribution in [1.82, 2.24) is 14.9 Å². The van der Waals surface area contributed by atoms with E-state index in [1.807, 2.05) is 38.1 Å². The van der Waals surface area contributed by atoms with Gasteiger partial charge < -0.3 is 15.4 Å². The molecule has 1 fully saturated rings. The summed E-state index contributed by atoms with van der Waals surface area (Å²) in [5.41, 5.74) is 1.72. The Morgan fingerprint density at radius 1 is 1.12 bits per heavy atom. The number of sulfonamides is 1. The van der Waals surface area contributed by atoms with E-state index in [1.165, 1.54) is 4.31 Å². The summed E-state index contributed by atoms with van der Waals surface area (Å²) in [7, 11) is -3.34. The lowest BCUT2D eigenvalue weighted by Crippen LogP contribution is -2.41. The van der Waals surface area contributed by atoms with Crippen molar-refractivity contribution in [2.45, 2.75) is 26.1 Å². The summed E-state index contributed by atoms with van der Waals surface area (Å²) < 4.78 is 32.1. The van der Waals surface area contributed by atoms with Gasteiger partial charge >= 0.3 is 0 Å². The van der Waals surface area contributed by atoms with Crippen molar-refractivity contribution in [3.63, 3.8) is 0 Å². The van der Waals surface area contributed by atoms with Crippen LogP contribution < -0.4 is 10.6 Å². The highest BCUT2D eigenvalue weighted by Gasteiger charge is 2.25. The fourth-order valence-corrected chi connectivity index (χ4v) is 4.20. The van der Waals surface area contributed by atoms with Crippen LogP contribution in [0.1, 0.15) is 25.0 Å². The SMILES string of the molecule is CCNC(=NCc1ccccc1CS(=O)(=O)N1CCOCC1)NCC.I. The maximum absolute atomic E-state index is 12.7. The number of ether oxygens (including phenoxy) is 1. The monoisotopic (exact) mass is 496 g/mol. The van der Waals surface area contributed by atoms with Crippen molar-refractivity contribution in [3.05, 3.63) is 35.4 Å². The number of halogens is 1. The van der Waals surface area contributed by atoms with Gasteiger partial charge in [0.2, 0.25) is 10.0 Å². The summed E-state index contributed by atoms with van der Waals surface area (Å²) in [4.78, 5) is 4.54. The van der Waals surface area contributed by atoms with Crippen LogP contribution in [0.4, 0.5) is 0 Å². The smallest absolute Gasteiger partial charge is 0.218 e. The molecule has 0 amide bonds. The van der Waals surface area contributed by atoms with Crippen LogP contribution >= 0.6 is 24.0 Å². The Balaban J connectivity index is 0.00000338. The Morgan fingerprint density at radius 2 is 1.69 bits per heavy atom. The van der Waals surface area contributed by atoms with Crippen molar-refractivity contribution < 1.29 is 13.2 Å². The molecule has 9 heteroatoms. The van der Waals surface area contributed by atoms with Gasteiger partial charge in [0.25, 0.3) is 0 Å². The molecule has 0 bridgehead atoms. The van der Waals surface area contributed by atoms with E-state index in [0.29, 0.717) is 32.8 Å². The predicted octanol–water partition coefficient (Wildman–Crippen LogP) is 1.54. The van der Waals surface area contributed by atoms with E-state index in [9.17, 15) is 8.42 Å². The Kier molecular flexibility index (Phi) is 10.4. The van der Waals surface area contributed by atoms with E-state index in [2.05, 4.69) is 15.6 Å². The lowest BCUT2D eigenvalue weighted by molar-refractivity contribution is 0.0729. The van der Waals surface area contributed by atoms with Gasteiger partial charge in [0.1, 0.15) is 0 Å². The van der Waals surface area contributed by atoms with Crippen LogP contribution in [0, 0.1) is 0 Å². The second-order valence-electron chi connectivity index (χ2n) is 5.76. The third-order valence-corrected chi connectivity index (χ3v) is 5.74. The van der Waals surface area contributed by atoms with Crippen molar-refractivity contribution in [2.75, 3.05) is 39.4 Å². The topological polar surface area (TPSA) is 83.0 Å². The average Bonchev–Trinajstić information content (AvgIpc) is 2.62. The van der Waals surface area contributed by atoms with Crippen LogP contribution in [0.5, 0.6) is 0 Å². The first-order valence-corrected chi connectivity index (χ1v) is 10.3. The molecule has 2 rings (SSSR count). The molecular formula is C17H29IN4O3S.